The van der Waals surface area contributed by atoms with Crippen LogP contribution in [-0.2, 0) is 15.6 Å². The number of nitrogens with one attached hydrogen (secondary N) is 1. The van der Waals surface area contributed by atoms with Crippen molar-refractivity contribution < 1.29 is 9.00 Å². The molecule has 2 aromatic carbocycles. The summed E-state index contributed by atoms with van der Waals surface area (Å²) in [5.41, 5.74) is 1.04. The van der Waals surface area contributed by atoms with Crippen molar-refractivity contribution in [2.45, 2.75) is 17.2 Å². The minimum absolute atomic E-state index is 0.0138. The van der Waals surface area contributed by atoms with Crippen molar-refractivity contribution in [3.05, 3.63) is 65.2 Å². The van der Waals surface area contributed by atoms with Gasteiger partial charge >= 0.3 is 0 Å². The van der Waals surface area contributed by atoms with Gasteiger partial charge in [0.15, 0.2) is 0 Å². The number of hydrogen-bond acceptors (Lipinski definition) is 2. The lowest BCUT2D eigenvalue weighted by molar-refractivity contribution is -0.122. The summed E-state index contributed by atoms with van der Waals surface area (Å²) in [5, 5.41) is 3.61. The lowest BCUT2D eigenvalue weighted by Crippen LogP contribution is -2.29. The van der Waals surface area contributed by atoms with Crippen molar-refractivity contribution in [3.63, 3.8) is 0 Å². The highest BCUT2D eigenvalue weighted by Gasteiger charge is 2.44. The molecule has 0 heterocycles. The molecule has 0 aliphatic heterocycles. The minimum atomic E-state index is -1.08. The number of carbonyl (C=O) groups is 1. The summed E-state index contributed by atoms with van der Waals surface area (Å²) in [6, 6.07) is 17.0. The Morgan fingerprint density at radius 1 is 1.13 bits per heavy atom. The number of carbonyl (C=O) groups excluding carboxylic acids is 1. The van der Waals surface area contributed by atoms with Gasteiger partial charge in [0.2, 0.25) is 5.91 Å². The highest BCUT2D eigenvalue weighted by Crippen LogP contribution is 2.49. The number of benzene rings is 2. The van der Waals surface area contributed by atoms with Gasteiger partial charge < -0.3 is 5.32 Å². The van der Waals surface area contributed by atoms with Crippen molar-refractivity contribution >= 4 is 28.3 Å². The highest BCUT2D eigenvalue weighted by molar-refractivity contribution is 7.85. The maximum Gasteiger partial charge on any atom is 0.223 e. The Balaban J connectivity index is 1.46. The van der Waals surface area contributed by atoms with Gasteiger partial charge in [-0.2, -0.15) is 0 Å². The molecule has 120 valence electrons. The monoisotopic (exact) mass is 347 g/mol. The van der Waals surface area contributed by atoms with E-state index in [0.717, 1.165) is 21.9 Å². The third kappa shape index (κ3) is 4.01. The van der Waals surface area contributed by atoms with Gasteiger partial charge in [0, 0.05) is 28.1 Å². The van der Waals surface area contributed by atoms with Crippen LogP contribution in [0.25, 0.3) is 0 Å². The molecule has 23 heavy (non-hydrogen) atoms. The van der Waals surface area contributed by atoms with Crippen LogP contribution in [0.1, 0.15) is 17.9 Å². The summed E-state index contributed by atoms with van der Waals surface area (Å²) in [6.45, 7) is 0.423. The highest BCUT2D eigenvalue weighted by atomic mass is 35.5. The van der Waals surface area contributed by atoms with Gasteiger partial charge in [-0.05, 0) is 36.1 Å². The van der Waals surface area contributed by atoms with Crippen molar-refractivity contribution in [3.8, 4) is 0 Å². The Labute approximate surface area is 143 Å². The summed E-state index contributed by atoms with van der Waals surface area (Å²) in [6.07, 6.45) is 0.831. The first-order valence-corrected chi connectivity index (χ1v) is 9.32. The summed E-state index contributed by atoms with van der Waals surface area (Å²) in [7, 11) is -1.08. The van der Waals surface area contributed by atoms with Crippen LogP contribution in [0.4, 0.5) is 0 Å². The first-order valence-electron chi connectivity index (χ1n) is 7.62. The average Bonchev–Trinajstić information content (AvgIpc) is 3.36. The molecule has 0 saturated heterocycles. The largest absolute Gasteiger partial charge is 0.355 e. The average molecular weight is 348 g/mol. The molecule has 1 aliphatic rings. The zero-order valence-electron chi connectivity index (χ0n) is 12.6. The van der Waals surface area contributed by atoms with Crippen molar-refractivity contribution in [1.82, 2.24) is 5.32 Å². The molecule has 2 aromatic rings. The van der Waals surface area contributed by atoms with Crippen LogP contribution in [0.15, 0.2) is 59.5 Å². The van der Waals surface area contributed by atoms with E-state index in [1.807, 2.05) is 54.6 Å². The SMILES string of the molecule is O=C(NCCS(=O)c1ccccc1)C1CC1c1ccccc1Cl. The fourth-order valence-corrected chi connectivity index (χ4v) is 3.95. The molecule has 1 fully saturated rings. The Hall–Kier alpha value is -1.65. The van der Waals surface area contributed by atoms with Crippen molar-refractivity contribution in [1.29, 1.82) is 0 Å². The molecule has 3 rings (SSSR count). The predicted octanol–water partition coefficient (Wildman–Crippen LogP) is 3.37. The topological polar surface area (TPSA) is 46.2 Å². The van der Waals surface area contributed by atoms with Crippen LogP contribution < -0.4 is 5.32 Å². The van der Waals surface area contributed by atoms with Crippen LogP contribution in [0.3, 0.4) is 0 Å². The number of halogens is 1. The van der Waals surface area contributed by atoms with Crippen molar-refractivity contribution in [2.24, 2.45) is 5.92 Å². The Kier molecular flexibility index (Phi) is 5.13. The predicted molar refractivity (Wildman–Crippen MR) is 93.0 cm³/mol. The molecule has 3 nitrogen and oxygen atoms in total. The van der Waals surface area contributed by atoms with Crippen LogP contribution in [0, 0.1) is 5.92 Å². The van der Waals surface area contributed by atoms with E-state index < -0.39 is 10.8 Å². The molecular weight excluding hydrogens is 330 g/mol. The summed E-state index contributed by atoms with van der Waals surface area (Å²) in [5.74, 6) is 0.655. The Morgan fingerprint density at radius 2 is 1.83 bits per heavy atom. The Bertz CT molecular complexity index is 720. The quantitative estimate of drug-likeness (QED) is 0.870. The van der Waals surface area contributed by atoms with Crippen LogP contribution >= 0.6 is 11.6 Å². The molecule has 3 atom stereocenters. The molecular formula is C18H18ClNO2S. The lowest BCUT2D eigenvalue weighted by Gasteiger charge is -2.06. The van der Waals surface area contributed by atoms with Crippen molar-refractivity contribution in [2.75, 3.05) is 12.3 Å². The van der Waals surface area contributed by atoms with Gasteiger partial charge in [0.1, 0.15) is 0 Å². The molecule has 5 heteroatoms. The maximum absolute atomic E-state index is 12.2. The fourth-order valence-electron chi connectivity index (χ4n) is 2.69. The summed E-state index contributed by atoms with van der Waals surface area (Å²) in [4.78, 5) is 13.0. The first-order chi connectivity index (χ1) is 11.2. The van der Waals surface area contributed by atoms with Gasteiger partial charge in [0.05, 0.1) is 10.8 Å². The van der Waals surface area contributed by atoms with Gasteiger partial charge in [-0.25, -0.2) is 0 Å². The second kappa shape index (κ2) is 7.28. The molecule has 0 spiro atoms. The van der Waals surface area contributed by atoms with E-state index in [0.29, 0.717) is 12.3 Å². The van der Waals surface area contributed by atoms with Crippen LogP contribution in [0.2, 0.25) is 5.02 Å². The standard InChI is InChI=1S/C18H18ClNO2S/c19-17-9-5-4-8-14(17)15-12-16(15)18(21)20-10-11-23(22)13-6-2-1-3-7-13/h1-9,15-16H,10-12H2,(H,20,21). The van der Waals surface area contributed by atoms with Crippen LogP contribution in [-0.4, -0.2) is 22.4 Å². The third-order valence-electron chi connectivity index (χ3n) is 4.02. The second-order valence-electron chi connectivity index (χ2n) is 5.62. The molecule has 1 amide bonds. The van der Waals surface area contributed by atoms with E-state index in [1.54, 1.807) is 0 Å². The summed E-state index contributed by atoms with van der Waals surface area (Å²) < 4.78 is 12.1. The second-order valence-corrected chi connectivity index (χ2v) is 7.60. The van der Waals surface area contributed by atoms with Gasteiger partial charge in [0.25, 0.3) is 0 Å². The molecule has 1 aliphatic carbocycles. The molecule has 0 aromatic heterocycles. The van der Waals surface area contributed by atoms with E-state index in [4.69, 9.17) is 11.6 Å². The number of hydrogen-bond donors (Lipinski definition) is 1. The zero-order chi connectivity index (χ0) is 16.2. The van der Waals surface area contributed by atoms with Gasteiger partial charge in [-0.1, -0.05) is 48.0 Å². The zero-order valence-corrected chi connectivity index (χ0v) is 14.1. The minimum Gasteiger partial charge on any atom is -0.355 e. The molecule has 1 N–H and O–H groups in total. The summed E-state index contributed by atoms with van der Waals surface area (Å²) >= 11 is 6.17. The normalized spacial score (nSPS) is 20.7. The smallest absolute Gasteiger partial charge is 0.223 e. The number of rotatable bonds is 6. The molecule has 1 saturated carbocycles. The van der Waals surface area contributed by atoms with Gasteiger partial charge in [-0.15, -0.1) is 0 Å². The van der Waals surface area contributed by atoms with Gasteiger partial charge in [-0.3, -0.25) is 9.00 Å². The third-order valence-corrected chi connectivity index (χ3v) is 5.74. The lowest BCUT2D eigenvalue weighted by atomic mass is 10.1. The van der Waals surface area contributed by atoms with E-state index in [-0.39, 0.29) is 17.7 Å². The molecule has 0 radical (unpaired) electrons. The molecule has 3 unspecified atom stereocenters. The number of amides is 1. The fraction of sp³-hybridized carbons (Fsp3) is 0.278. The van der Waals surface area contributed by atoms with E-state index >= 15 is 0 Å². The maximum atomic E-state index is 12.2. The van der Waals surface area contributed by atoms with E-state index in [1.165, 1.54) is 0 Å². The first kappa shape index (κ1) is 16.2. The van der Waals surface area contributed by atoms with Crippen LogP contribution in [0.5, 0.6) is 0 Å². The molecule has 0 bridgehead atoms. The Morgan fingerprint density at radius 3 is 2.57 bits per heavy atom. The van der Waals surface area contributed by atoms with E-state index in [9.17, 15) is 9.00 Å². The van der Waals surface area contributed by atoms with E-state index in [2.05, 4.69) is 5.32 Å².